The zero-order valence-corrected chi connectivity index (χ0v) is 11.3. The fourth-order valence-electron chi connectivity index (χ4n) is 2.73. The fraction of sp³-hybridized carbons (Fsp3) is 0.643. The molecule has 1 heterocycles. The highest BCUT2D eigenvalue weighted by atomic mass is 16.2. The molecular weight excluding hydrogens is 226 g/mol. The molecule has 2 N–H and O–H groups in total. The van der Waals surface area contributed by atoms with Gasteiger partial charge >= 0.3 is 0 Å². The van der Waals surface area contributed by atoms with Gasteiger partial charge in [-0.3, -0.25) is 4.79 Å². The third kappa shape index (κ3) is 2.58. The minimum atomic E-state index is -0.126. The largest absolute Gasteiger partial charge is 0.365 e. The lowest BCUT2D eigenvalue weighted by atomic mass is 9.67. The predicted molar refractivity (Wildman–Crippen MR) is 72.3 cm³/mol. The normalized spacial score (nSPS) is 17.2. The molecule has 1 saturated carbocycles. The van der Waals surface area contributed by atoms with Gasteiger partial charge in [-0.2, -0.15) is 0 Å². The summed E-state index contributed by atoms with van der Waals surface area (Å²) in [6, 6.07) is 4.05. The lowest BCUT2D eigenvalue weighted by molar-refractivity contribution is -0.145. The monoisotopic (exact) mass is 249 g/mol. The number of nitrogens with zero attached hydrogens (tertiary/aromatic N) is 1. The summed E-state index contributed by atoms with van der Waals surface area (Å²) in [6.07, 6.45) is 6.05. The summed E-state index contributed by atoms with van der Waals surface area (Å²) in [6.45, 7) is 1.59. The van der Waals surface area contributed by atoms with Crippen LogP contribution in [-0.4, -0.2) is 43.0 Å². The molecule has 1 aliphatic carbocycles. The van der Waals surface area contributed by atoms with Gasteiger partial charge in [0.25, 0.3) is 0 Å². The van der Waals surface area contributed by atoms with Crippen LogP contribution in [0.3, 0.4) is 0 Å². The SMILES string of the molecule is CNCC1(C(=O)N(C)CCc2ccc[nH]2)CCC1. The molecule has 2 rings (SSSR count). The van der Waals surface area contributed by atoms with Crippen LogP contribution in [0.15, 0.2) is 18.3 Å². The molecule has 1 aliphatic rings. The Hall–Kier alpha value is -1.29. The number of rotatable bonds is 6. The molecule has 4 nitrogen and oxygen atoms in total. The van der Waals surface area contributed by atoms with Crippen molar-refractivity contribution in [1.29, 1.82) is 0 Å². The van der Waals surface area contributed by atoms with Gasteiger partial charge in [-0.05, 0) is 32.0 Å². The molecule has 1 aromatic heterocycles. The summed E-state index contributed by atoms with van der Waals surface area (Å²) < 4.78 is 0. The van der Waals surface area contributed by atoms with Crippen molar-refractivity contribution in [3.63, 3.8) is 0 Å². The van der Waals surface area contributed by atoms with Crippen molar-refractivity contribution in [3.05, 3.63) is 24.0 Å². The number of likely N-dealkylation sites (N-methyl/N-ethyl adjacent to an activating group) is 1. The number of hydrogen-bond acceptors (Lipinski definition) is 2. The molecule has 0 atom stereocenters. The van der Waals surface area contributed by atoms with E-state index in [1.54, 1.807) is 0 Å². The van der Waals surface area contributed by atoms with Gasteiger partial charge in [0, 0.05) is 38.4 Å². The molecule has 1 fully saturated rings. The summed E-state index contributed by atoms with van der Waals surface area (Å²) >= 11 is 0. The van der Waals surface area contributed by atoms with E-state index in [9.17, 15) is 4.79 Å². The molecule has 1 amide bonds. The predicted octanol–water partition coefficient (Wildman–Crippen LogP) is 1.41. The number of aromatic nitrogens is 1. The quantitative estimate of drug-likeness (QED) is 0.800. The van der Waals surface area contributed by atoms with Crippen LogP contribution in [0, 0.1) is 5.41 Å². The Kier molecular flexibility index (Phi) is 4.07. The number of nitrogens with one attached hydrogen (secondary N) is 2. The molecule has 1 aromatic rings. The maximum absolute atomic E-state index is 12.5. The van der Waals surface area contributed by atoms with Crippen LogP contribution in [0.25, 0.3) is 0 Å². The molecular formula is C14H23N3O. The van der Waals surface area contributed by atoms with E-state index in [-0.39, 0.29) is 5.41 Å². The molecule has 0 saturated heterocycles. The van der Waals surface area contributed by atoms with Crippen molar-refractivity contribution in [2.24, 2.45) is 5.41 Å². The van der Waals surface area contributed by atoms with Crippen LogP contribution >= 0.6 is 0 Å². The van der Waals surface area contributed by atoms with Crippen LogP contribution in [0.1, 0.15) is 25.0 Å². The maximum Gasteiger partial charge on any atom is 0.229 e. The highest BCUT2D eigenvalue weighted by Gasteiger charge is 2.44. The summed E-state index contributed by atoms with van der Waals surface area (Å²) in [5, 5.41) is 3.16. The van der Waals surface area contributed by atoms with Crippen molar-refractivity contribution in [2.45, 2.75) is 25.7 Å². The van der Waals surface area contributed by atoms with E-state index in [2.05, 4.69) is 16.4 Å². The molecule has 0 aromatic carbocycles. The average Bonchev–Trinajstić information content (AvgIpc) is 2.83. The van der Waals surface area contributed by atoms with E-state index in [0.717, 1.165) is 32.4 Å². The Balaban J connectivity index is 1.87. The first-order valence-corrected chi connectivity index (χ1v) is 6.70. The molecule has 0 unspecified atom stereocenters. The van der Waals surface area contributed by atoms with Crippen molar-refractivity contribution in [3.8, 4) is 0 Å². The van der Waals surface area contributed by atoms with E-state index in [4.69, 9.17) is 0 Å². The number of amides is 1. The molecule has 0 spiro atoms. The highest BCUT2D eigenvalue weighted by Crippen LogP contribution is 2.41. The van der Waals surface area contributed by atoms with E-state index >= 15 is 0 Å². The molecule has 0 radical (unpaired) electrons. The third-order valence-electron chi connectivity index (χ3n) is 4.01. The van der Waals surface area contributed by atoms with E-state index in [0.29, 0.717) is 5.91 Å². The second-order valence-electron chi connectivity index (χ2n) is 5.34. The van der Waals surface area contributed by atoms with Crippen molar-refractivity contribution in [2.75, 3.05) is 27.2 Å². The van der Waals surface area contributed by atoms with Gasteiger partial charge < -0.3 is 15.2 Å². The minimum Gasteiger partial charge on any atom is -0.365 e. The number of hydrogen-bond donors (Lipinski definition) is 2. The van der Waals surface area contributed by atoms with Gasteiger partial charge in [0.2, 0.25) is 5.91 Å². The average molecular weight is 249 g/mol. The Morgan fingerprint density at radius 1 is 1.56 bits per heavy atom. The number of carbonyl (C=O) groups excluding carboxylic acids is 1. The first-order chi connectivity index (χ1) is 8.68. The van der Waals surface area contributed by atoms with Crippen LogP contribution < -0.4 is 5.32 Å². The molecule has 0 aliphatic heterocycles. The van der Waals surface area contributed by atoms with Crippen molar-refractivity contribution >= 4 is 5.91 Å². The standard InChI is InChI=1S/C14H23N3O/c1-15-11-14(7-4-8-14)13(18)17(2)10-6-12-5-3-9-16-12/h3,5,9,15-16H,4,6-8,10-11H2,1-2H3. The molecule has 100 valence electrons. The number of carbonyl (C=O) groups is 1. The van der Waals surface area contributed by atoms with E-state index in [1.165, 1.54) is 12.1 Å². The molecule has 18 heavy (non-hydrogen) atoms. The number of H-pyrrole nitrogens is 1. The Morgan fingerprint density at radius 2 is 2.33 bits per heavy atom. The highest BCUT2D eigenvalue weighted by molar-refractivity contribution is 5.83. The lowest BCUT2D eigenvalue weighted by Gasteiger charge is -2.42. The van der Waals surface area contributed by atoms with E-state index in [1.807, 2.05) is 31.3 Å². The van der Waals surface area contributed by atoms with Crippen molar-refractivity contribution in [1.82, 2.24) is 15.2 Å². The molecule has 0 bridgehead atoms. The first kappa shape index (κ1) is 13.1. The third-order valence-corrected chi connectivity index (χ3v) is 4.01. The van der Waals surface area contributed by atoms with Crippen LogP contribution in [0.5, 0.6) is 0 Å². The summed E-state index contributed by atoms with van der Waals surface area (Å²) in [4.78, 5) is 17.5. The van der Waals surface area contributed by atoms with Gasteiger partial charge in [-0.25, -0.2) is 0 Å². The fourth-order valence-corrected chi connectivity index (χ4v) is 2.73. The summed E-state index contributed by atoms with van der Waals surface area (Å²) in [5.74, 6) is 0.301. The first-order valence-electron chi connectivity index (χ1n) is 6.70. The second kappa shape index (κ2) is 5.57. The second-order valence-corrected chi connectivity index (χ2v) is 5.34. The van der Waals surface area contributed by atoms with Gasteiger partial charge in [0.05, 0.1) is 5.41 Å². The van der Waals surface area contributed by atoms with Crippen LogP contribution in [-0.2, 0) is 11.2 Å². The van der Waals surface area contributed by atoms with Crippen LogP contribution in [0.4, 0.5) is 0 Å². The van der Waals surface area contributed by atoms with Crippen molar-refractivity contribution < 1.29 is 4.79 Å². The minimum absolute atomic E-state index is 0.126. The van der Waals surface area contributed by atoms with Gasteiger partial charge in [0.15, 0.2) is 0 Å². The zero-order valence-electron chi connectivity index (χ0n) is 11.3. The Bertz CT molecular complexity index is 382. The summed E-state index contributed by atoms with van der Waals surface area (Å²) in [5.41, 5.74) is 1.06. The van der Waals surface area contributed by atoms with Gasteiger partial charge in [-0.15, -0.1) is 0 Å². The van der Waals surface area contributed by atoms with E-state index < -0.39 is 0 Å². The maximum atomic E-state index is 12.5. The smallest absolute Gasteiger partial charge is 0.229 e. The van der Waals surface area contributed by atoms with Crippen LogP contribution in [0.2, 0.25) is 0 Å². The Labute approximate surface area is 109 Å². The zero-order chi connectivity index (χ0) is 13.0. The summed E-state index contributed by atoms with van der Waals surface area (Å²) in [7, 11) is 3.84. The molecule has 4 heteroatoms. The topological polar surface area (TPSA) is 48.1 Å². The Morgan fingerprint density at radius 3 is 2.83 bits per heavy atom. The lowest BCUT2D eigenvalue weighted by Crippen LogP contribution is -2.51. The number of aromatic amines is 1. The van der Waals surface area contributed by atoms with Gasteiger partial charge in [0.1, 0.15) is 0 Å². The van der Waals surface area contributed by atoms with Gasteiger partial charge in [-0.1, -0.05) is 6.42 Å².